The molecule has 0 aliphatic heterocycles. The zero-order valence-corrected chi connectivity index (χ0v) is 11.8. The Morgan fingerprint density at radius 1 is 1.39 bits per heavy atom. The van der Waals surface area contributed by atoms with Crippen molar-refractivity contribution in [3.8, 4) is 0 Å². The molecule has 1 atom stereocenters. The number of nitrogens with zero attached hydrogens (tertiary/aromatic N) is 3. The summed E-state index contributed by atoms with van der Waals surface area (Å²) in [6.45, 7) is 6.06. The lowest BCUT2D eigenvalue weighted by molar-refractivity contribution is 0.756. The van der Waals surface area contributed by atoms with Gasteiger partial charge in [0.2, 0.25) is 0 Å². The number of hydrogen-bond acceptors (Lipinski definition) is 3. The van der Waals surface area contributed by atoms with Crippen molar-refractivity contribution in [3.05, 3.63) is 40.4 Å². The van der Waals surface area contributed by atoms with Crippen molar-refractivity contribution in [2.24, 2.45) is 7.05 Å². The van der Waals surface area contributed by atoms with E-state index in [0.717, 1.165) is 16.9 Å². The van der Waals surface area contributed by atoms with Crippen molar-refractivity contribution < 1.29 is 0 Å². The fourth-order valence-electron chi connectivity index (χ4n) is 2.01. The van der Waals surface area contributed by atoms with Gasteiger partial charge < -0.3 is 5.32 Å². The fraction of sp³-hybridized carbons (Fsp3) is 0.385. The highest BCUT2D eigenvalue weighted by atomic mass is 35.5. The number of hydrogen-bond donors (Lipinski definition) is 1. The van der Waals surface area contributed by atoms with Crippen molar-refractivity contribution in [1.29, 1.82) is 0 Å². The van der Waals surface area contributed by atoms with E-state index in [0.29, 0.717) is 5.15 Å². The number of aromatic nitrogens is 3. The highest BCUT2D eigenvalue weighted by Crippen LogP contribution is 2.23. The van der Waals surface area contributed by atoms with E-state index in [2.05, 4.69) is 22.3 Å². The van der Waals surface area contributed by atoms with Crippen LogP contribution < -0.4 is 5.32 Å². The predicted octanol–water partition coefficient (Wildman–Crippen LogP) is 3.26. The largest absolute Gasteiger partial charge is 0.377 e. The Hall–Kier alpha value is -1.55. The summed E-state index contributed by atoms with van der Waals surface area (Å²) in [7, 11) is 1.93. The SMILES string of the molecule is Cc1cc(NC(C)c2cn(C)nc2C)cnc1Cl. The second-order valence-corrected chi connectivity index (χ2v) is 4.90. The van der Waals surface area contributed by atoms with Crippen molar-refractivity contribution in [3.63, 3.8) is 0 Å². The molecule has 18 heavy (non-hydrogen) atoms. The number of anilines is 1. The van der Waals surface area contributed by atoms with Crippen LogP contribution in [0.3, 0.4) is 0 Å². The first-order valence-electron chi connectivity index (χ1n) is 5.86. The molecule has 96 valence electrons. The summed E-state index contributed by atoms with van der Waals surface area (Å²) in [5.74, 6) is 0. The molecule has 0 saturated heterocycles. The Morgan fingerprint density at radius 2 is 2.11 bits per heavy atom. The summed E-state index contributed by atoms with van der Waals surface area (Å²) < 4.78 is 1.83. The highest BCUT2D eigenvalue weighted by molar-refractivity contribution is 6.30. The normalized spacial score (nSPS) is 12.5. The van der Waals surface area contributed by atoms with E-state index in [1.807, 2.05) is 37.8 Å². The lowest BCUT2D eigenvalue weighted by atomic mass is 10.1. The first-order valence-corrected chi connectivity index (χ1v) is 6.24. The van der Waals surface area contributed by atoms with Crippen molar-refractivity contribution in [2.45, 2.75) is 26.8 Å². The van der Waals surface area contributed by atoms with Crippen molar-refractivity contribution >= 4 is 17.3 Å². The van der Waals surface area contributed by atoms with Gasteiger partial charge in [-0.2, -0.15) is 5.10 Å². The minimum atomic E-state index is 0.182. The van der Waals surface area contributed by atoms with Gasteiger partial charge in [0.25, 0.3) is 0 Å². The molecule has 0 aliphatic carbocycles. The summed E-state index contributed by atoms with van der Waals surface area (Å²) in [5.41, 5.74) is 4.16. The molecule has 0 spiro atoms. The summed E-state index contributed by atoms with van der Waals surface area (Å²) >= 11 is 5.91. The molecule has 0 amide bonds. The third kappa shape index (κ3) is 2.64. The molecule has 2 heterocycles. The van der Waals surface area contributed by atoms with E-state index in [4.69, 9.17) is 11.6 Å². The number of halogens is 1. The van der Waals surface area contributed by atoms with Crippen LogP contribution in [0, 0.1) is 13.8 Å². The molecule has 0 aliphatic rings. The quantitative estimate of drug-likeness (QED) is 0.866. The highest BCUT2D eigenvalue weighted by Gasteiger charge is 2.12. The first-order chi connectivity index (χ1) is 8.47. The smallest absolute Gasteiger partial charge is 0.132 e. The van der Waals surface area contributed by atoms with Gasteiger partial charge in [0, 0.05) is 18.8 Å². The minimum absolute atomic E-state index is 0.182. The Kier molecular flexibility index (Phi) is 3.57. The van der Waals surface area contributed by atoms with E-state index in [1.165, 1.54) is 5.56 Å². The van der Waals surface area contributed by atoms with Crippen LogP contribution in [0.2, 0.25) is 5.15 Å². The maximum absolute atomic E-state index is 5.91. The van der Waals surface area contributed by atoms with Gasteiger partial charge in [-0.25, -0.2) is 4.98 Å². The van der Waals surface area contributed by atoms with Crippen LogP contribution in [-0.2, 0) is 7.05 Å². The van der Waals surface area contributed by atoms with Crippen molar-refractivity contribution in [2.75, 3.05) is 5.32 Å². The topological polar surface area (TPSA) is 42.7 Å². The lowest BCUT2D eigenvalue weighted by Crippen LogP contribution is -2.07. The molecular formula is C13H17ClN4. The molecule has 0 aromatic carbocycles. The van der Waals surface area contributed by atoms with Crippen LogP contribution in [0.15, 0.2) is 18.5 Å². The second-order valence-electron chi connectivity index (χ2n) is 4.54. The molecule has 4 nitrogen and oxygen atoms in total. The Morgan fingerprint density at radius 3 is 2.67 bits per heavy atom. The van der Waals surface area contributed by atoms with E-state index in [1.54, 1.807) is 6.20 Å². The van der Waals surface area contributed by atoms with Gasteiger partial charge >= 0.3 is 0 Å². The molecule has 0 saturated carbocycles. The molecule has 2 aromatic heterocycles. The maximum atomic E-state index is 5.91. The van der Waals surface area contributed by atoms with Gasteiger partial charge in [0.15, 0.2) is 0 Å². The van der Waals surface area contributed by atoms with Gasteiger partial charge in [-0.05, 0) is 32.4 Å². The average Bonchev–Trinajstić information content (AvgIpc) is 2.63. The first kappa shape index (κ1) is 12.9. The zero-order valence-electron chi connectivity index (χ0n) is 11.0. The molecule has 5 heteroatoms. The number of aryl methyl sites for hydroxylation is 3. The van der Waals surface area contributed by atoms with Crippen LogP contribution >= 0.6 is 11.6 Å². The van der Waals surface area contributed by atoms with Crippen LogP contribution in [0.1, 0.15) is 29.8 Å². The summed E-state index contributed by atoms with van der Waals surface area (Å²) in [6.07, 6.45) is 3.78. The summed E-state index contributed by atoms with van der Waals surface area (Å²) in [5, 5.41) is 8.30. The van der Waals surface area contributed by atoms with Gasteiger partial charge in [-0.15, -0.1) is 0 Å². The second kappa shape index (κ2) is 4.98. The van der Waals surface area contributed by atoms with Crippen LogP contribution in [-0.4, -0.2) is 14.8 Å². The van der Waals surface area contributed by atoms with E-state index < -0.39 is 0 Å². The Bertz CT molecular complexity index is 562. The number of nitrogens with one attached hydrogen (secondary N) is 1. The Balaban J connectivity index is 2.18. The third-order valence-electron chi connectivity index (χ3n) is 2.92. The third-order valence-corrected chi connectivity index (χ3v) is 3.31. The van der Waals surface area contributed by atoms with Crippen LogP contribution in [0.4, 0.5) is 5.69 Å². The van der Waals surface area contributed by atoms with Crippen LogP contribution in [0.5, 0.6) is 0 Å². The molecular weight excluding hydrogens is 248 g/mol. The van der Waals surface area contributed by atoms with E-state index in [-0.39, 0.29) is 6.04 Å². The number of rotatable bonds is 3. The molecule has 0 fully saturated rings. The Labute approximate surface area is 112 Å². The monoisotopic (exact) mass is 264 g/mol. The van der Waals surface area contributed by atoms with Gasteiger partial charge in [0.1, 0.15) is 5.15 Å². The van der Waals surface area contributed by atoms with Crippen molar-refractivity contribution in [1.82, 2.24) is 14.8 Å². The standard InChI is InChI=1S/C13H17ClN4/c1-8-5-11(6-15-13(8)14)16-9(2)12-7-18(4)17-10(12)3/h5-7,9,16H,1-4H3. The van der Waals surface area contributed by atoms with Gasteiger partial charge in [0.05, 0.1) is 23.6 Å². The summed E-state index contributed by atoms with van der Waals surface area (Å²) in [6, 6.07) is 2.18. The molecule has 0 radical (unpaired) electrons. The van der Waals surface area contributed by atoms with E-state index >= 15 is 0 Å². The summed E-state index contributed by atoms with van der Waals surface area (Å²) in [4.78, 5) is 4.14. The molecule has 1 N–H and O–H groups in total. The van der Waals surface area contributed by atoms with Crippen LogP contribution in [0.25, 0.3) is 0 Å². The molecule has 2 rings (SSSR count). The lowest BCUT2D eigenvalue weighted by Gasteiger charge is -2.15. The zero-order chi connectivity index (χ0) is 13.3. The van der Waals surface area contributed by atoms with Gasteiger partial charge in [-0.1, -0.05) is 11.6 Å². The maximum Gasteiger partial charge on any atom is 0.132 e. The minimum Gasteiger partial charge on any atom is -0.377 e. The molecule has 2 aromatic rings. The van der Waals surface area contributed by atoms with Gasteiger partial charge in [-0.3, -0.25) is 4.68 Å². The molecule has 0 bridgehead atoms. The predicted molar refractivity (Wildman–Crippen MR) is 74.0 cm³/mol. The number of pyridine rings is 1. The van der Waals surface area contributed by atoms with E-state index in [9.17, 15) is 0 Å². The average molecular weight is 265 g/mol. The fourth-order valence-corrected chi connectivity index (χ4v) is 2.11. The molecule has 1 unspecified atom stereocenters.